The van der Waals surface area contributed by atoms with Crippen LogP contribution < -0.4 is 5.32 Å². The van der Waals surface area contributed by atoms with E-state index in [2.05, 4.69) is 31.6 Å². The molecule has 2 N–H and O–H groups in total. The number of H-pyrrole nitrogens is 1. The van der Waals surface area contributed by atoms with Gasteiger partial charge in [-0.05, 0) is 12.8 Å². The fraction of sp³-hybridized carbons (Fsp3) is 0.400. The topological polar surface area (TPSA) is 90.3 Å². The van der Waals surface area contributed by atoms with Gasteiger partial charge in [-0.3, -0.25) is 5.10 Å². The summed E-state index contributed by atoms with van der Waals surface area (Å²) in [4.78, 5) is 8.20. The Morgan fingerprint density at radius 2 is 2.31 bits per heavy atom. The van der Waals surface area contributed by atoms with Crippen LogP contribution in [0.3, 0.4) is 0 Å². The van der Waals surface area contributed by atoms with Crippen LogP contribution in [0, 0.1) is 11.3 Å². The lowest BCUT2D eigenvalue weighted by molar-refractivity contribution is 0.783. The van der Waals surface area contributed by atoms with E-state index >= 15 is 0 Å². The minimum absolute atomic E-state index is 0.604. The SMILES string of the molecule is N#CCCCCNc1ncnc2[nH]ncc12. The van der Waals surface area contributed by atoms with Gasteiger partial charge in [-0.2, -0.15) is 10.4 Å². The van der Waals surface area contributed by atoms with Crippen molar-refractivity contribution in [2.45, 2.75) is 19.3 Å². The van der Waals surface area contributed by atoms with Gasteiger partial charge in [0.1, 0.15) is 12.1 Å². The molecule has 2 aromatic heterocycles. The highest BCUT2D eigenvalue weighted by Gasteiger charge is 2.03. The molecule has 2 aromatic rings. The summed E-state index contributed by atoms with van der Waals surface area (Å²) in [7, 11) is 0. The van der Waals surface area contributed by atoms with Crippen molar-refractivity contribution in [3.05, 3.63) is 12.5 Å². The number of nitrogens with zero attached hydrogens (tertiary/aromatic N) is 4. The summed E-state index contributed by atoms with van der Waals surface area (Å²) in [5, 5.41) is 19.2. The molecule has 0 aliphatic heterocycles. The molecule has 16 heavy (non-hydrogen) atoms. The molecule has 6 heteroatoms. The Morgan fingerprint density at radius 1 is 1.38 bits per heavy atom. The van der Waals surface area contributed by atoms with Crippen LogP contribution in [0.4, 0.5) is 5.82 Å². The molecule has 0 aromatic carbocycles. The summed E-state index contributed by atoms with van der Waals surface area (Å²) in [5.74, 6) is 0.788. The Kier molecular flexibility index (Phi) is 3.28. The lowest BCUT2D eigenvalue weighted by Gasteiger charge is -2.04. The fourth-order valence-corrected chi connectivity index (χ4v) is 1.44. The minimum atomic E-state index is 0.604. The van der Waals surface area contributed by atoms with Crippen molar-refractivity contribution in [1.82, 2.24) is 20.2 Å². The largest absolute Gasteiger partial charge is 0.369 e. The standard InChI is InChI=1S/C10H12N6/c11-4-2-1-3-5-12-9-8-6-15-16-10(8)14-7-13-9/h6-7H,1-3,5H2,(H2,12,13,14,15,16). The van der Waals surface area contributed by atoms with Crippen LogP contribution in [0.15, 0.2) is 12.5 Å². The molecule has 0 bridgehead atoms. The van der Waals surface area contributed by atoms with E-state index in [1.54, 1.807) is 6.20 Å². The van der Waals surface area contributed by atoms with Crippen molar-refractivity contribution >= 4 is 16.9 Å². The van der Waals surface area contributed by atoms with E-state index in [0.29, 0.717) is 6.42 Å². The third-order valence-corrected chi connectivity index (χ3v) is 2.26. The van der Waals surface area contributed by atoms with Gasteiger partial charge in [0.15, 0.2) is 5.65 Å². The van der Waals surface area contributed by atoms with Crippen molar-refractivity contribution in [3.63, 3.8) is 0 Å². The third kappa shape index (κ3) is 2.25. The molecule has 0 unspecified atom stereocenters. The Balaban J connectivity index is 1.94. The van der Waals surface area contributed by atoms with Crippen molar-refractivity contribution in [1.29, 1.82) is 5.26 Å². The maximum atomic E-state index is 8.39. The lowest BCUT2D eigenvalue weighted by Crippen LogP contribution is -2.03. The van der Waals surface area contributed by atoms with Crippen LogP contribution in [0.1, 0.15) is 19.3 Å². The second-order valence-corrected chi connectivity index (χ2v) is 3.40. The van der Waals surface area contributed by atoms with Gasteiger partial charge in [-0.25, -0.2) is 9.97 Å². The van der Waals surface area contributed by atoms with Crippen molar-refractivity contribution in [2.24, 2.45) is 0 Å². The van der Waals surface area contributed by atoms with Crippen molar-refractivity contribution < 1.29 is 0 Å². The lowest BCUT2D eigenvalue weighted by atomic mass is 10.2. The quantitative estimate of drug-likeness (QED) is 0.738. The van der Waals surface area contributed by atoms with Crippen LogP contribution in [-0.2, 0) is 0 Å². The summed E-state index contributed by atoms with van der Waals surface area (Å²) < 4.78 is 0. The summed E-state index contributed by atoms with van der Waals surface area (Å²) >= 11 is 0. The molecule has 0 amide bonds. The Labute approximate surface area is 92.7 Å². The minimum Gasteiger partial charge on any atom is -0.369 e. The Bertz CT molecular complexity index is 497. The molecule has 0 aliphatic carbocycles. The number of aromatic amines is 1. The predicted octanol–water partition coefficient (Wildman–Crippen LogP) is 1.46. The molecule has 0 saturated heterocycles. The smallest absolute Gasteiger partial charge is 0.160 e. The van der Waals surface area contributed by atoms with E-state index in [4.69, 9.17) is 5.26 Å². The zero-order valence-electron chi connectivity index (χ0n) is 8.77. The van der Waals surface area contributed by atoms with E-state index in [0.717, 1.165) is 36.2 Å². The number of rotatable bonds is 5. The van der Waals surface area contributed by atoms with Crippen LogP contribution >= 0.6 is 0 Å². The van der Waals surface area contributed by atoms with E-state index in [1.807, 2.05) is 0 Å². The first-order valence-corrected chi connectivity index (χ1v) is 5.16. The number of nitriles is 1. The van der Waals surface area contributed by atoms with Crippen LogP contribution in [-0.4, -0.2) is 26.7 Å². The highest BCUT2D eigenvalue weighted by Crippen LogP contribution is 2.15. The van der Waals surface area contributed by atoms with E-state index in [-0.39, 0.29) is 0 Å². The average Bonchev–Trinajstić information content (AvgIpc) is 2.77. The molecule has 0 aliphatic rings. The monoisotopic (exact) mass is 216 g/mol. The van der Waals surface area contributed by atoms with Gasteiger partial charge in [0.2, 0.25) is 0 Å². The zero-order chi connectivity index (χ0) is 11.2. The summed E-state index contributed by atoms with van der Waals surface area (Å²) in [6.07, 6.45) is 5.66. The van der Waals surface area contributed by atoms with Crippen LogP contribution in [0.25, 0.3) is 11.0 Å². The highest BCUT2D eigenvalue weighted by molar-refractivity contribution is 5.85. The summed E-state index contributed by atoms with van der Waals surface area (Å²) in [5.41, 5.74) is 0.731. The second kappa shape index (κ2) is 5.07. The van der Waals surface area contributed by atoms with E-state index in [9.17, 15) is 0 Å². The van der Waals surface area contributed by atoms with Gasteiger partial charge in [-0.1, -0.05) is 0 Å². The highest BCUT2D eigenvalue weighted by atomic mass is 15.2. The van der Waals surface area contributed by atoms with Gasteiger partial charge in [0.25, 0.3) is 0 Å². The van der Waals surface area contributed by atoms with Crippen molar-refractivity contribution in [2.75, 3.05) is 11.9 Å². The van der Waals surface area contributed by atoms with Gasteiger partial charge < -0.3 is 5.32 Å². The van der Waals surface area contributed by atoms with Gasteiger partial charge in [0, 0.05) is 13.0 Å². The normalized spacial score (nSPS) is 10.2. The first-order chi connectivity index (χ1) is 7.92. The van der Waals surface area contributed by atoms with E-state index in [1.165, 1.54) is 6.33 Å². The molecule has 0 spiro atoms. The van der Waals surface area contributed by atoms with E-state index < -0.39 is 0 Å². The van der Waals surface area contributed by atoms with Crippen molar-refractivity contribution in [3.8, 4) is 6.07 Å². The summed E-state index contributed by atoms with van der Waals surface area (Å²) in [6, 6.07) is 2.12. The maximum absolute atomic E-state index is 8.39. The average molecular weight is 216 g/mol. The molecule has 2 rings (SSSR count). The molecule has 0 fully saturated rings. The molecular formula is C10H12N6. The number of aromatic nitrogens is 4. The second-order valence-electron chi connectivity index (χ2n) is 3.40. The first-order valence-electron chi connectivity index (χ1n) is 5.16. The molecule has 0 saturated carbocycles. The number of hydrogen-bond donors (Lipinski definition) is 2. The van der Waals surface area contributed by atoms with Crippen LogP contribution in [0.2, 0.25) is 0 Å². The Morgan fingerprint density at radius 3 is 3.19 bits per heavy atom. The molecule has 0 radical (unpaired) electrons. The maximum Gasteiger partial charge on any atom is 0.160 e. The number of unbranched alkanes of at least 4 members (excludes halogenated alkanes) is 2. The molecular weight excluding hydrogens is 204 g/mol. The number of fused-ring (bicyclic) bond motifs is 1. The number of hydrogen-bond acceptors (Lipinski definition) is 5. The first kappa shape index (κ1) is 10.4. The molecule has 82 valence electrons. The molecule has 2 heterocycles. The fourth-order valence-electron chi connectivity index (χ4n) is 1.44. The van der Waals surface area contributed by atoms with Crippen LogP contribution in [0.5, 0.6) is 0 Å². The zero-order valence-corrected chi connectivity index (χ0v) is 8.77. The Hall–Kier alpha value is -2.16. The third-order valence-electron chi connectivity index (χ3n) is 2.26. The van der Waals surface area contributed by atoms with Gasteiger partial charge in [0.05, 0.1) is 17.7 Å². The summed E-state index contributed by atoms with van der Waals surface area (Å²) in [6.45, 7) is 0.805. The van der Waals surface area contributed by atoms with Gasteiger partial charge in [-0.15, -0.1) is 0 Å². The molecule has 6 nitrogen and oxygen atoms in total. The number of nitrogens with one attached hydrogen (secondary N) is 2. The molecule has 0 atom stereocenters. The van der Waals surface area contributed by atoms with Gasteiger partial charge >= 0.3 is 0 Å². The number of anilines is 1. The predicted molar refractivity (Wildman–Crippen MR) is 59.6 cm³/mol.